The molecule has 0 bridgehead atoms. The van der Waals surface area contributed by atoms with Crippen LogP contribution >= 0.6 is 0 Å². The van der Waals surface area contributed by atoms with Gasteiger partial charge in [-0.05, 0) is 37.7 Å². The number of nitrogens with zero attached hydrogens (tertiary/aromatic N) is 5. The second-order valence-electron chi connectivity index (χ2n) is 8.00. The van der Waals surface area contributed by atoms with Crippen molar-refractivity contribution in [3.63, 3.8) is 0 Å². The lowest BCUT2D eigenvalue weighted by Crippen LogP contribution is -2.43. The molecule has 0 unspecified atom stereocenters. The number of benzene rings is 2. The van der Waals surface area contributed by atoms with Crippen LogP contribution in [0.25, 0.3) is 10.8 Å². The van der Waals surface area contributed by atoms with Crippen molar-refractivity contribution in [3.05, 3.63) is 78.1 Å². The van der Waals surface area contributed by atoms with Gasteiger partial charge in [0.1, 0.15) is 5.69 Å². The molecule has 1 aromatic heterocycles. The Hall–Kier alpha value is -3.25. The summed E-state index contributed by atoms with van der Waals surface area (Å²) in [6, 6.07) is 19.5. The van der Waals surface area contributed by atoms with Gasteiger partial charge >= 0.3 is 0 Å². The van der Waals surface area contributed by atoms with Gasteiger partial charge in [0, 0.05) is 43.5 Å². The van der Waals surface area contributed by atoms with Crippen LogP contribution in [0.15, 0.2) is 71.9 Å². The zero-order valence-electron chi connectivity index (χ0n) is 18.3. The predicted octanol–water partition coefficient (Wildman–Crippen LogP) is 3.62. The summed E-state index contributed by atoms with van der Waals surface area (Å²) in [5, 5.41) is 11.3. The van der Waals surface area contributed by atoms with Gasteiger partial charge in [-0.25, -0.2) is 0 Å². The maximum absolute atomic E-state index is 5.60. The molecule has 0 atom stereocenters. The molecule has 6 nitrogen and oxygen atoms in total. The Bertz CT molecular complexity index is 1070. The van der Waals surface area contributed by atoms with Crippen LogP contribution in [0.1, 0.15) is 24.1 Å². The Morgan fingerprint density at radius 3 is 2.42 bits per heavy atom. The lowest BCUT2D eigenvalue weighted by atomic mass is 10.0. The van der Waals surface area contributed by atoms with Gasteiger partial charge in [0.05, 0.1) is 5.71 Å². The number of rotatable bonds is 6. The van der Waals surface area contributed by atoms with E-state index in [1.807, 2.05) is 6.07 Å². The summed E-state index contributed by atoms with van der Waals surface area (Å²) in [4.78, 5) is 9.18. The monoisotopic (exact) mass is 414 g/mol. The molecule has 0 radical (unpaired) electrons. The van der Waals surface area contributed by atoms with Crippen LogP contribution in [0.5, 0.6) is 0 Å². The van der Waals surface area contributed by atoms with Gasteiger partial charge in [-0.1, -0.05) is 54.6 Å². The molecule has 0 amide bonds. The van der Waals surface area contributed by atoms with Crippen molar-refractivity contribution < 1.29 is 0 Å². The molecular formula is C25H30N6. The summed E-state index contributed by atoms with van der Waals surface area (Å²) in [7, 11) is 3.98. The Morgan fingerprint density at radius 2 is 1.74 bits per heavy atom. The van der Waals surface area contributed by atoms with E-state index in [1.54, 1.807) is 13.1 Å². The van der Waals surface area contributed by atoms with Gasteiger partial charge in [-0.15, -0.1) is 10.2 Å². The molecule has 31 heavy (non-hydrogen) atoms. The molecule has 6 heteroatoms. The van der Waals surface area contributed by atoms with E-state index in [0.29, 0.717) is 6.04 Å². The fourth-order valence-corrected chi connectivity index (χ4v) is 4.38. The lowest BCUT2D eigenvalue weighted by Gasteiger charge is -2.37. The Balaban J connectivity index is 1.52. The van der Waals surface area contributed by atoms with Gasteiger partial charge in [0.25, 0.3) is 0 Å². The minimum atomic E-state index is 0.573. The summed E-state index contributed by atoms with van der Waals surface area (Å²) in [5.74, 6) is 0.954. The molecule has 1 fully saturated rings. The standard InChI is InChI=1S/C25H30N6/c1-27-23(12-15-26)24-21-10-6-7-11-22(21)25(29-28-24)31-16-13-20(14-17-31)30(2)18-19-8-4-3-5-9-19/h3-12,15,20H,13-14,16-18,26H2,1-2H3. The maximum atomic E-state index is 5.60. The number of hydrogen-bond acceptors (Lipinski definition) is 6. The number of anilines is 1. The molecule has 4 rings (SSSR count). The Morgan fingerprint density at radius 1 is 1.06 bits per heavy atom. The molecule has 2 N–H and O–H groups in total. The Labute approximate surface area is 184 Å². The first-order chi connectivity index (χ1) is 15.2. The molecule has 1 aliphatic heterocycles. The highest BCUT2D eigenvalue weighted by atomic mass is 15.3. The minimum absolute atomic E-state index is 0.573. The quantitative estimate of drug-likeness (QED) is 0.624. The average Bonchev–Trinajstić information content (AvgIpc) is 2.83. The molecule has 1 saturated heterocycles. The van der Waals surface area contributed by atoms with E-state index in [-0.39, 0.29) is 0 Å². The summed E-state index contributed by atoms with van der Waals surface area (Å²) in [5.41, 5.74) is 8.46. The van der Waals surface area contributed by atoms with Gasteiger partial charge < -0.3 is 10.6 Å². The van der Waals surface area contributed by atoms with Crippen LogP contribution < -0.4 is 10.6 Å². The molecule has 0 saturated carbocycles. The molecule has 2 heterocycles. The third-order valence-corrected chi connectivity index (χ3v) is 6.07. The maximum Gasteiger partial charge on any atom is 0.159 e. The number of piperidine rings is 1. The van der Waals surface area contributed by atoms with E-state index in [1.165, 1.54) is 11.8 Å². The van der Waals surface area contributed by atoms with E-state index >= 15 is 0 Å². The molecule has 160 valence electrons. The second kappa shape index (κ2) is 9.71. The average molecular weight is 415 g/mol. The predicted molar refractivity (Wildman–Crippen MR) is 128 cm³/mol. The zero-order chi connectivity index (χ0) is 21.6. The smallest absolute Gasteiger partial charge is 0.159 e. The number of allylic oxidation sites excluding steroid dienone is 1. The van der Waals surface area contributed by atoms with Crippen molar-refractivity contribution in [1.82, 2.24) is 15.1 Å². The highest BCUT2D eigenvalue weighted by Crippen LogP contribution is 2.29. The second-order valence-corrected chi connectivity index (χ2v) is 8.00. The number of nitrogens with two attached hydrogens (primary N) is 1. The summed E-state index contributed by atoms with van der Waals surface area (Å²) in [6.45, 7) is 2.93. The zero-order valence-corrected chi connectivity index (χ0v) is 18.3. The number of aromatic nitrogens is 2. The molecule has 3 aromatic rings. The topological polar surface area (TPSA) is 70.6 Å². The van der Waals surface area contributed by atoms with Crippen LogP contribution in [-0.2, 0) is 6.54 Å². The van der Waals surface area contributed by atoms with Crippen LogP contribution in [-0.4, -0.2) is 54.0 Å². The van der Waals surface area contributed by atoms with Crippen LogP contribution in [0.3, 0.4) is 0 Å². The van der Waals surface area contributed by atoms with Crippen LogP contribution in [0.2, 0.25) is 0 Å². The van der Waals surface area contributed by atoms with Gasteiger partial charge in [0.2, 0.25) is 0 Å². The third kappa shape index (κ3) is 4.59. The van der Waals surface area contributed by atoms with E-state index < -0.39 is 0 Å². The first kappa shape index (κ1) is 21.0. The van der Waals surface area contributed by atoms with Crippen molar-refractivity contribution >= 4 is 22.3 Å². The minimum Gasteiger partial charge on any atom is -0.405 e. The first-order valence-electron chi connectivity index (χ1n) is 10.8. The van der Waals surface area contributed by atoms with Crippen molar-refractivity contribution in [2.24, 2.45) is 10.7 Å². The Kier molecular flexibility index (Phi) is 6.57. The van der Waals surface area contributed by atoms with Gasteiger partial charge in [-0.2, -0.15) is 0 Å². The normalized spacial score (nSPS) is 16.0. The molecule has 0 spiro atoms. The van der Waals surface area contributed by atoms with E-state index in [4.69, 9.17) is 5.73 Å². The summed E-state index contributed by atoms with van der Waals surface area (Å²) >= 11 is 0. The number of hydrogen-bond donors (Lipinski definition) is 1. The van der Waals surface area contributed by atoms with E-state index in [2.05, 4.69) is 80.6 Å². The fraction of sp³-hybridized carbons (Fsp3) is 0.320. The molecule has 0 aliphatic carbocycles. The molecular weight excluding hydrogens is 384 g/mol. The fourth-order valence-electron chi connectivity index (χ4n) is 4.38. The van der Waals surface area contributed by atoms with Crippen molar-refractivity contribution in [1.29, 1.82) is 0 Å². The summed E-state index contributed by atoms with van der Waals surface area (Å²) in [6.07, 6.45) is 5.48. The van der Waals surface area contributed by atoms with Crippen molar-refractivity contribution in [2.75, 3.05) is 32.1 Å². The van der Waals surface area contributed by atoms with Crippen LogP contribution in [0.4, 0.5) is 5.82 Å². The van der Waals surface area contributed by atoms with Crippen LogP contribution in [0, 0.1) is 0 Å². The van der Waals surface area contributed by atoms with E-state index in [9.17, 15) is 0 Å². The van der Waals surface area contributed by atoms with Crippen molar-refractivity contribution in [3.8, 4) is 0 Å². The van der Waals surface area contributed by atoms with E-state index in [0.717, 1.165) is 60.5 Å². The first-order valence-corrected chi connectivity index (χ1v) is 10.8. The van der Waals surface area contributed by atoms with Crippen molar-refractivity contribution in [2.45, 2.75) is 25.4 Å². The highest BCUT2D eigenvalue weighted by molar-refractivity contribution is 6.15. The lowest BCUT2D eigenvalue weighted by molar-refractivity contribution is 0.200. The molecule has 2 aromatic carbocycles. The largest absolute Gasteiger partial charge is 0.405 e. The SMILES string of the molecule is CN=C(C=CN)c1nnc(N2CCC(N(C)Cc3ccccc3)CC2)c2ccccc12. The van der Waals surface area contributed by atoms with Gasteiger partial charge in [0.15, 0.2) is 5.82 Å². The summed E-state index contributed by atoms with van der Waals surface area (Å²) < 4.78 is 0. The number of fused-ring (bicyclic) bond motifs is 1. The third-order valence-electron chi connectivity index (χ3n) is 6.07. The highest BCUT2D eigenvalue weighted by Gasteiger charge is 2.25. The van der Waals surface area contributed by atoms with Gasteiger partial charge in [-0.3, -0.25) is 9.89 Å². The number of aliphatic imine (C=N–C) groups is 1. The molecule has 1 aliphatic rings.